The molecule has 0 spiro atoms. The first-order valence-electron chi connectivity index (χ1n) is 9.33. The Bertz CT molecular complexity index is 499. The summed E-state index contributed by atoms with van der Waals surface area (Å²) in [6.07, 6.45) is 9.68. The van der Waals surface area contributed by atoms with Gasteiger partial charge in [-0.1, -0.05) is 0 Å². The van der Waals surface area contributed by atoms with E-state index < -0.39 is 0 Å². The summed E-state index contributed by atoms with van der Waals surface area (Å²) in [6.45, 7) is 5.23. The van der Waals surface area contributed by atoms with Crippen LogP contribution in [0.4, 0.5) is 0 Å². The summed E-state index contributed by atoms with van der Waals surface area (Å²) in [6, 6.07) is 0. The molecule has 2 aliphatic heterocycles. The molecule has 2 saturated heterocycles. The number of carbonyl (C=O) groups excluding carboxylic acids is 1. The highest BCUT2D eigenvalue weighted by molar-refractivity contribution is 5.76. The lowest BCUT2D eigenvalue weighted by atomic mass is 9.89. The summed E-state index contributed by atoms with van der Waals surface area (Å²) >= 11 is 0. The van der Waals surface area contributed by atoms with E-state index in [4.69, 9.17) is 0 Å². The number of piperidine rings is 1. The molecule has 6 nitrogen and oxygen atoms in total. The van der Waals surface area contributed by atoms with Gasteiger partial charge in [0.25, 0.3) is 0 Å². The molecule has 1 amide bonds. The van der Waals surface area contributed by atoms with Crippen LogP contribution >= 0.6 is 0 Å². The molecule has 0 aliphatic carbocycles. The van der Waals surface area contributed by atoms with Crippen LogP contribution in [-0.2, 0) is 11.2 Å². The van der Waals surface area contributed by atoms with Crippen molar-refractivity contribution in [2.75, 3.05) is 39.3 Å². The topological polar surface area (TPSA) is 72.5 Å². The molecule has 0 bridgehead atoms. The number of H-pyrrole nitrogens is 1. The molecule has 24 heavy (non-hydrogen) atoms. The van der Waals surface area contributed by atoms with Crippen LogP contribution in [0.25, 0.3) is 0 Å². The number of aliphatic hydroxyl groups is 1. The van der Waals surface area contributed by atoms with Crippen LogP contribution in [0.2, 0.25) is 0 Å². The third kappa shape index (κ3) is 4.80. The SMILES string of the molecule is O=C(CCCc1cn[nH]c1)N1C[C@H](CO)C[C@H](CN2CCCC2)C1. The van der Waals surface area contributed by atoms with Gasteiger partial charge in [0.15, 0.2) is 0 Å². The van der Waals surface area contributed by atoms with E-state index in [0.717, 1.165) is 44.5 Å². The van der Waals surface area contributed by atoms with E-state index in [1.165, 1.54) is 25.9 Å². The van der Waals surface area contributed by atoms with Gasteiger partial charge in [-0.2, -0.15) is 5.10 Å². The number of hydrogen-bond donors (Lipinski definition) is 2. The van der Waals surface area contributed by atoms with Gasteiger partial charge in [-0.05, 0) is 62.6 Å². The van der Waals surface area contributed by atoms with E-state index in [0.29, 0.717) is 12.3 Å². The molecule has 0 radical (unpaired) electrons. The van der Waals surface area contributed by atoms with E-state index >= 15 is 0 Å². The Morgan fingerprint density at radius 2 is 2.08 bits per heavy atom. The molecule has 134 valence electrons. The number of rotatable bonds is 7. The third-order valence-corrected chi connectivity index (χ3v) is 5.36. The second-order valence-corrected chi connectivity index (χ2v) is 7.42. The van der Waals surface area contributed by atoms with Gasteiger partial charge in [0.2, 0.25) is 5.91 Å². The van der Waals surface area contributed by atoms with Crippen LogP contribution < -0.4 is 0 Å². The number of aromatic amines is 1. The summed E-state index contributed by atoms with van der Waals surface area (Å²) in [7, 11) is 0. The molecule has 2 fully saturated rings. The van der Waals surface area contributed by atoms with Gasteiger partial charge < -0.3 is 14.9 Å². The van der Waals surface area contributed by atoms with E-state index in [1.54, 1.807) is 0 Å². The van der Waals surface area contributed by atoms with Crippen LogP contribution in [0.3, 0.4) is 0 Å². The van der Waals surface area contributed by atoms with Crippen LogP contribution in [0.1, 0.15) is 37.7 Å². The number of carbonyl (C=O) groups is 1. The monoisotopic (exact) mass is 334 g/mol. The Morgan fingerprint density at radius 3 is 2.79 bits per heavy atom. The lowest BCUT2D eigenvalue weighted by molar-refractivity contribution is -0.134. The standard InChI is InChI=1S/C18H30N4O2/c23-14-17-8-16(11-21-6-1-2-7-21)12-22(13-17)18(24)5-3-4-15-9-19-20-10-15/h9-10,16-17,23H,1-8,11-14H2,(H,19,20)/t16-,17-/m1/s1. The summed E-state index contributed by atoms with van der Waals surface area (Å²) in [5.41, 5.74) is 1.15. The first-order valence-corrected chi connectivity index (χ1v) is 9.33. The zero-order chi connectivity index (χ0) is 16.8. The fourth-order valence-electron chi connectivity index (χ4n) is 4.13. The van der Waals surface area contributed by atoms with Crippen LogP contribution in [0.15, 0.2) is 12.4 Å². The Labute approximate surface area is 144 Å². The zero-order valence-electron chi connectivity index (χ0n) is 14.5. The Hall–Kier alpha value is -1.40. The summed E-state index contributed by atoms with van der Waals surface area (Å²) in [4.78, 5) is 17.1. The Balaban J connectivity index is 1.47. The van der Waals surface area contributed by atoms with Crippen molar-refractivity contribution in [2.45, 2.75) is 38.5 Å². The molecule has 0 aromatic carbocycles. The van der Waals surface area contributed by atoms with Crippen molar-refractivity contribution >= 4 is 5.91 Å². The molecule has 2 N–H and O–H groups in total. The van der Waals surface area contributed by atoms with Gasteiger partial charge in [0.05, 0.1) is 6.20 Å². The minimum atomic E-state index is 0.190. The average molecular weight is 334 g/mol. The highest BCUT2D eigenvalue weighted by atomic mass is 16.3. The van der Waals surface area contributed by atoms with E-state index in [1.807, 2.05) is 17.3 Å². The van der Waals surface area contributed by atoms with Crippen molar-refractivity contribution < 1.29 is 9.90 Å². The van der Waals surface area contributed by atoms with Crippen LogP contribution in [0.5, 0.6) is 0 Å². The first-order chi connectivity index (χ1) is 11.7. The van der Waals surface area contributed by atoms with Crippen molar-refractivity contribution in [3.63, 3.8) is 0 Å². The van der Waals surface area contributed by atoms with Gasteiger partial charge in [-0.25, -0.2) is 0 Å². The van der Waals surface area contributed by atoms with Crippen molar-refractivity contribution in [1.82, 2.24) is 20.0 Å². The number of hydrogen-bond acceptors (Lipinski definition) is 4. The number of nitrogens with one attached hydrogen (secondary N) is 1. The largest absolute Gasteiger partial charge is 0.396 e. The predicted octanol–water partition coefficient (Wildman–Crippen LogP) is 1.29. The second-order valence-electron chi connectivity index (χ2n) is 7.42. The Kier molecular flexibility index (Phi) is 6.26. The number of aliphatic hydroxyl groups excluding tert-OH is 1. The maximum atomic E-state index is 12.6. The minimum Gasteiger partial charge on any atom is -0.396 e. The number of nitrogens with zero attached hydrogens (tertiary/aromatic N) is 3. The first kappa shape index (κ1) is 17.4. The van der Waals surface area contributed by atoms with Crippen LogP contribution in [-0.4, -0.2) is 70.3 Å². The maximum absolute atomic E-state index is 12.6. The van der Waals surface area contributed by atoms with E-state index in [-0.39, 0.29) is 18.4 Å². The molecule has 0 saturated carbocycles. The average Bonchev–Trinajstić information content (AvgIpc) is 3.28. The van der Waals surface area contributed by atoms with Crippen molar-refractivity contribution in [3.8, 4) is 0 Å². The van der Waals surface area contributed by atoms with Crippen LogP contribution in [0, 0.1) is 11.8 Å². The zero-order valence-corrected chi connectivity index (χ0v) is 14.5. The number of likely N-dealkylation sites (tertiary alicyclic amines) is 2. The third-order valence-electron chi connectivity index (χ3n) is 5.36. The van der Waals surface area contributed by atoms with Crippen molar-refractivity contribution in [2.24, 2.45) is 11.8 Å². The van der Waals surface area contributed by atoms with Gasteiger partial charge >= 0.3 is 0 Å². The predicted molar refractivity (Wildman–Crippen MR) is 92.5 cm³/mol. The summed E-state index contributed by atoms with van der Waals surface area (Å²) in [5.74, 6) is 0.985. The quantitative estimate of drug-likeness (QED) is 0.788. The smallest absolute Gasteiger partial charge is 0.222 e. The lowest BCUT2D eigenvalue weighted by Gasteiger charge is -2.38. The van der Waals surface area contributed by atoms with Gasteiger partial charge in [-0.15, -0.1) is 0 Å². The van der Waals surface area contributed by atoms with E-state index in [2.05, 4.69) is 15.1 Å². The molecule has 1 aromatic heterocycles. The fraction of sp³-hybridized carbons (Fsp3) is 0.778. The summed E-state index contributed by atoms with van der Waals surface area (Å²) < 4.78 is 0. The molecule has 6 heteroatoms. The highest BCUT2D eigenvalue weighted by Gasteiger charge is 2.30. The summed E-state index contributed by atoms with van der Waals surface area (Å²) in [5, 5.41) is 16.4. The second kappa shape index (κ2) is 8.62. The molecular weight excluding hydrogens is 304 g/mol. The maximum Gasteiger partial charge on any atom is 0.222 e. The van der Waals surface area contributed by atoms with Gasteiger partial charge in [0, 0.05) is 38.9 Å². The molecule has 1 aromatic rings. The molecule has 3 rings (SSSR count). The molecule has 3 heterocycles. The van der Waals surface area contributed by atoms with Crippen molar-refractivity contribution in [3.05, 3.63) is 18.0 Å². The highest BCUT2D eigenvalue weighted by Crippen LogP contribution is 2.24. The number of amides is 1. The fourth-order valence-corrected chi connectivity index (χ4v) is 4.13. The molecule has 2 atom stereocenters. The normalized spacial score (nSPS) is 25.3. The molecule has 0 unspecified atom stereocenters. The van der Waals surface area contributed by atoms with Gasteiger partial charge in [0.1, 0.15) is 0 Å². The molecular formula is C18H30N4O2. The molecule has 2 aliphatic rings. The number of aromatic nitrogens is 2. The Morgan fingerprint density at radius 1 is 1.29 bits per heavy atom. The minimum absolute atomic E-state index is 0.190. The van der Waals surface area contributed by atoms with Crippen molar-refractivity contribution in [1.29, 1.82) is 0 Å². The lowest BCUT2D eigenvalue weighted by Crippen LogP contribution is -2.47. The van der Waals surface area contributed by atoms with Gasteiger partial charge in [-0.3, -0.25) is 9.89 Å². The van der Waals surface area contributed by atoms with E-state index in [9.17, 15) is 9.90 Å². The number of aryl methyl sites for hydroxylation is 1.